The van der Waals surface area contributed by atoms with E-state index in [0.717, 1.165) is 17.0 Å². The topological polar surface area (TPSA) is 109 Å². The van der Waals surface area contributed by atoms with E-state index in [1.807, 2.05) is 39.0 Å². The van der Waals surface area contributed by atoms with Crippen molar-refractivity contribution in [2.45, 2.75) is 20.8 Å². The van der Waals surface area contributed by atoms with Crippen LogP contribution in [0, 0.1) is 32.1 Å². The second-order valence-corrected chi connectivity index (χ2v) is 6.36. The standard InChI is InChI=1S/C20H21N7O/c1-13-14(2)26-27(15(13)3)19-9-8-18(24-25-19)22-10-11-23-20(28)17-6-4-16(12-21)5-7-17/h4-9H,10-11H2,1-3H3,(H,22,24)(H,23,28). The van der Waals surface area contributed by atoms with Gasteiger partial charge in [-0.3, -0.25) is 4.79 Å². The van der Waals surface area contributed by atoms with Gasteiger partial charge in [0.25, 0.3) is 5.91 Å². The van der Waals surface area contributed by atoms with Crippen molar-refractivity contribution in [3.05, 3.63) is 64.5 Å². The molecular weight excluding hydrogens is 354 g/mol. The summed E-state index contributed by atoms with van der Waals surface area (Å²) in [6, 6.07) is 12.2. The molecule has 0 aliphatic heterocycles. The van der Waals surface area contributed by atoms with Gasteiger partial charge < -0.3 is 10.6 Å². The first-order chi connectivity index (χ1) is 13.5. The van der Waals surface area contributed by atoms with Crippen LogP contribution in [0.5, 0.6) is 0 Å². The van der Waals surface area contributed by atoms with Gasteiger partial charge in [0, 0.05) is 24.3 Å². The Labute approximate surface area is 163 Å². The van der Waals surface area contributed by atoms with Gasteiger partial charge in [-0.25, -0.2) is 4.68 Å². The molecule has 1 amide bonds. The molecule has 3 rings (SSSR count). The lowest BCUT2D eigenvalue weighted by Gasteiger charge is -2.08. The Bertz CT molecular complexity index is 1010. The van der Waals surface area contributed by atoms with Crippen molar-refractivity contribution in [2.75, 3.05) is 18.4 Å². The minimum Gasteiger partial charge on any atom is -0.367 e. The Morgan fingerprint density at radius 2 is 1.82 bits per heavy atom. The number of nitrogens with one attached hydrogen (secondary N) is 2. The molecule has 2 heterocycles. The zero-order valence-corrected chi connectivity index (χ0v) is 16.0. The van der Waals surface area contributed by atoms with Crippen molar-refractivity contribution in [1.82, 2.24) is 25.3 Å². The predicted octanol–water partition coefficient (Wildman–Crippen LogP) is 2.30. The van der Waals surface area contributed by atoms with Crippen LogP contribution >= 0.6 is 0 Å². The third kappa shape index (κ3) is 4.15. The largest absolute Gasteiger partial charge is 0.367 e. The molecular formula is C20H21N7O. The number of aromatic nitrogens is 4. The molecule has 0 radical (unpaired) electrons. The van der Waals surface area contributed by atoms with Gasteiger partial charge in [-0.05, 0) is 62.7 Å². The molecule has 142 valence electrons. The highest BCUT2D eigenvalue weighted by molar-refractivity contribution is 5.94. The van der Waals surface area contributed by atoms with E-state index in [9.17, 15) is 4.79 Å². The molecule has 1 aromatic carbocycles. The van der Waals surface area contributed by atoms with E-state index in [4.69, 9.17) is 5.26 Å². The lowest BCUT2D eigenvalue weighted by molar-refractivity contribution is 0.0955. The molecule has 8 heteroatoms. The normalized spacial score (nSPS) is 10.4. The maximum atomic E-state index is 12.1. The van der Waals surface area contributed by atoms with Gasteiger partial charge in [-0.2, -0.15) is 10.4 Å². The van der Waals surface area contributed by atoms with Gasteiger partial charge in [-0.1, -0.05) is 0 Å². The summed E-state index contributed by atoms with van der Waals surface area (Å²) in [5, 5.41) is 27.6. The summed E-state index contributed by atoms with van der Waals surface area (Å²) < 4.78 is 1.78. The Balaban J connectivity index is 1.50. The molecule has 0 saturated heterocycles. The molecule has 0 unspecified atom stereocenters. The smallest absolute Gasteiger partial charge is 0.251 e. The second kappa shape index (κ2) is 8.31. The quantitative estimate of drug-likeness (QED) is 0.640. The van der Waals surface area contributed by atoms with E-state index < -0.39 is 0 Å². The van der Waals surface area contributed by atoms with Gasteiger partial charge in [0.05, 0.1) is 17.3 Å². The first-order valence-electron chi connectivity index (χ1n) is 8.88. The van der Waals surface area contributed by atoms with Crippen LogP contribution in [0.3, 0.4) is 0 Å². The van der Waals surface area contributed by atoms with Gasteiger partial charge >= 0.3 is 0 Å². The molecule has 0 bridgehead atoms. The van der Waals surface area contributed by atoms with Crippen LogP contribution < -0.4 is 10.6 Å². The van der Waals surface area contributed by atoms with Gasteiger partial charge in [-0.15, -0.1) is 10.2 Å². The summed E-state index contributed by atoms with van der Waals surface area (Å²) in [6.07, 6.45) is 0. The van der Waals surface area contributed by atoms with Crippen molar-refractivity contribution < 1.29 is 4.79 Å². The summed E-state index contributed by atoms with van der Waals surface area (Å²) in [5.41, 5.74) is 4.19. The van der Waals surface area contributed by atoms with Gasteiger partial charge in [0.15, 0.2) is 5.82 Å². The Morgan fingerprint density at radius 1 is 1.07 bits per heavy atom. The fourth-order valence-electron chi connectivity index (χ4n) is 2.64. The molecule has 0 fully saturated rings. The zero-order valence-electron chi connectivity index (χ0n) is 16.0. The number of hydrogen-bond donors (Lipinski definition) is 2. The lowest BCUT2D eigenvalue weighted by Crippen LogP contribution is -2.28. The SMILES string of the molecule is Cc1nn(-c2ccc(NCCNC(=O)c3ccc(C#N)cc3)nn2)c(C)c1C. The number of benzene rings is 1. The first-order valence-corrected chi connectivity index (χ1v) is 8.88. The van der Waals surface area contributed by atoms with E-state index in [-0.39, 0.29) is 5.91 Å². The maximum Gasteiger partial charge on any atom is 0.251 e. The molecule has 28 heavy (non-hydrogen) atoms. The molecule has 0 atom stereocenters. The molecule has 2 N–H and O–H groups in total. The molecule has 8 nitrogen and oxygen atoms in total. The number of carbonyl (C=O) groups excluding carboxylic acids is 1. The van der Waals surface area contributed by atoms with Gasteiger partial charge in [0.1, 0.15) is 5.82 Å². The summed E-state index contributed by atoms with van der Waals surface area (Å²) in [6.45, 7) is 6.94. The predicted molar refractivity (Wildman–Crippen MR) is 105 cm³/mol. The third-order valence-electron chi connectivity index (χ3n) is 4.51. The molecule has 0 saturated carbocycles. The molecule has 0 aliphatic rings. The molecule has 0 aliphatic carbocycles. The van der Waals surface area contributed by atoms with Crippen molar-refractivity contribution in [3.63, 3.8) is 0 Å². The monoisotopic (exact) mass is 375 g/mol. The molecule has 0 spiro atoms. The van der Waals surface area contributed by atoms with E-state index in [1.165, 1.54) is 0 Å². The van der Waals surface area contributed by atoms with Crippen LogP contribution in [0.15, 0.2) is 36.4 Å². The Kier molecular flexibility index (Phi) is 5.65. The number of carbonyl (C=O) groups is 1. The summed E-state index contributed by atoms with van der Waals surface area (Å²) in [4.78, 5) is 12.1. The highest BCUT2D eigenvalue weighted by atomic mass is 16.1. The zero-order chi connectivity index (χ0) is 20.1. The van der Waals surface area contributed by atoms with Crippen LogP contribution in [0.2, 0.25) is 0 Å². The summed E-state index contributed by atoms with van der Waals surface area (Å²) >= 11 is 0. The average Bonchev–Trinajstić information content (AvgIpc) is 2.99. The van der Waals surface area contributed by atoms with Crippen LogP contribution in [-0.4, -0.2) is 39.0 Å². The van der Waals surface area contributed by atoms with E-state index >= 15 is 0 Å². The minimum absolute atomic E-state index is 0.187. The van der Waals surface area contributed by atoms with Crippen molar-refractivity contribution >= 4 is 11.7 Å². The maximum absolute atomic E-state index is 12.1. The fraction of sp³-hybridized carbons (Fsp3) is 0.250. The number of rotatable bonds is 6. The summed E-state index contributed by atoms with van der Waals surface area (Å²) in [7, 11) is 0. The van der Waals surface area contributed by atoms with Crippen LogP contribution in [0.25, 0.3) is 5.82 Å². The fourth-order valence-corrected chi connectivity index (χ4v) is 2.64. The number of nitriles is 1. The lowest BCUT2D eigenvalue weighted by atomic mass is 10.1. The minimum atomic E-state index is -0.187. The van der Waals surface area contributed by atoms with E-state index in [0.29, 0.717) is 35.9 Å². The van der Waals surface area contributed by atoms with Crippen molar-refractivity contribution in [2.24, 2.45) is 0 Å². The van der Waals surface area contributed by atoms with E-state index in [2.05, 4.69) is 25.9 Å². The molecule has 2 aromatic heterocycles. The van der Waals surface area contributed by atoms with Crippen molar-refractivity contribution in [3.8, 4) is 11.9 Å². The second-order valence-electron chi connectivity index (χ2n) is 6.36. The number of nitrogens with zero attached hydrogens (tertiary/aromatic N) is 5. The molecule has 3 aromatic rings. The first kappa shape index (κ1) is 19.0. The number of hydrogen-bond acceptors (Lipinski definition) is 6. The average molecular weight is 375 g/mol. The highest BCUT2D eigenvalue weighted by Crippen LogP contribution is 2.15. The van der Waals surface area contributed by atoms with Crippen LogP contribution in [0.1, 0.15) is 32.9 Å². The Morgan fingerprint density at radius 3 is 2.39 bits per heavy atom. The van der Waals surface area contributed by atoms with Gasteiger partial charge in [0.2, 0.25) is 0 Å². The van der Waals surface area contributed by atoms with E-state index in [1.54, 1.807) is 28.9 Å². The van der Waals surface area contributed by atoms with Crippen LogP contribution in [0.4, 0.5) is 5.82 Å². The van der Waals surface area contributed by atoms with Crippen LogP contribution in [-0.2, 0) is 0 Å². The Hall–Kier alpha value is -3.73. The number of anilines is 1. The number of amides is 1. The third-order valence-corrected chi connectivity index (χ3v) is 4.51. The summed E-state index contributed by atoms with van der Waals surface area (Å²) in [5.74, 6) is 1.09. The van der Waals surface area contributed by atoms with Crippen molar-refractivity contribution in [1.29, 1.82) is 5.26 Å². The number of aryl methyl sites for hydroxylation is 1. The highest BCUT2D eigenvalue weighted by Gasteiger charge is 2.10.